The van der Waals surface area contributed by atoms with E-state index in [0.29, 0.717) is 13.2 Å². The number of nitrogens with zero attached hydrogens (tertiary/aromatic N) is 1. The van der Waals surface area contributed by atoms with Crippen molar-refractivity contribution in [1.82, 2.24) is 10.2 Å². The van der Waals surface area contributed by atoms with Gasteiger partial charge in [0.15, 0.2) is 0 Å². The Kier molecular flexibility index (Phi) is 5.18. The number of ether oxygens (including phenoxy) is 1. The largest absolute Gasteiger partial charge is 0.494 e. The Labute approximate surface area is 141 Å². The zero-order valence-electron chi connectivity index (χ0n) is 13.4. The van der Waals surface area contributed by atoms with Crippen LogP contribution in [0.2, 0.25) is 0 Å². The third-order valence-corrected chi connectivity index (χ3v) is 4.97. The Hall–Kier alpha value is -2.01. The maximum Gasteiger partial charge on any atom is 0.317 e. The van der Waals surface area contributed by atoms with Gasteiger partial charge in [-0.2, -0.15) is 0 Å². The van der Waals surface area contributed by atoms with E-state index in [1.807, 2.05) is 36.1 Å². The fourth-order valence-electron chi connectivity index (χ4n) is 2.70. The first-order chi connectivity index (χ1) is 11.2. The Morgan fingerprint density at radius 1 is 1.39 bits per heavy atom. The summed E-state index contributed by atoms with van der Waals surface area (Å²) in [6, 6.07) is 10.2. The standard InChI is InChI=1S/C18H22N2O2S/c1-14-4-2-5-16(12-14)22-10-3-8-19-18(21)20-9-6-17-15(13-20)7-11-23-17/h2,4-5,7,11-12H,3,6,8-10,13H2,1H3,(H,19,21). The lowest BCUT2D eigenvalue weighted by Crippen LogP contribution is -2.42. The summed E-state index contributed by atoms with van der Waals surface area (Å²) in [6.07, 6.45) is 1.77. The zero-order valence-corrected chi connectivity index (χ0v) is 14.2. The van der Waals surface area contributed by atoms with Crippen LogP contribution in [-0.2, 0) is 13.0 Å². The zero-order chi connectivity index (χ0) is 16.1. The van der Waals surface area contributed by atoms with E-state index in [0.717, 1.165) is 31.7 Å². The van der Waals surface area contributed by atoms with Gasteiger partial charge in [0.2, 0.25) is 0 Å². The second-order valence-corrected chi connectivity index (χ2v) is 6.79. The van der Waals surface area contributed by atoms with Gasteiger partial charge in [-0.05, 0) is 54.5 Å². The second kappa shape index (κ2) is 7.51. The van der Waals surface area contributed by atoms with Gasteiger partial charge in [0.1, 0.15) is 5.75 Å². The molecule has 1 aromatic carbocycles. The van der Waals surface area contributed by atoms with Crippen LogP contribution in [-0.4, -0.2) is 30.6 Å². The van der Waals surface area contributed by atoms with Gasteiger partial charge in [0, 0.05) is 24.5 Å². The molecule has 0 spiro atoms. The summed E-state index contributed by atoms with van der Waals surface area (Å²) >= 11 is 1.79. The molecule has 0 radical (unpaired) electrons. The minimum atomic E-state index is 0.0254. The highest BCUT2D eigenvalue weighted by atomic mass is 32.1. The first-order valence-electron chi connectivity index (χ1n) is 8.00. The number of fused-ring (bicyclic) bond motifs is 1. The molecule has 5 heteroatoms. The van der Waals surface area contributed by atoms with Gasteiger partial charge < -0.3 is 15.0 Å². The molecule has 0 bridgehead atoms. The fraction of sp³-hybridized carbons (Fsp3) is 0.389. The molecule has 1 aliphatic heterocycles. The van der Waals surface area contributed by atoms with Crippen molar-refractivity contribution in [3.8, 4) is 5.75 Å². The summed E-state index contributed by atoms with van der Waals surface area (Å²) < 4.78 is 5.69. The van der Waals surface area contributed by atoms with Gasteiger partial charge in [0.05, 0.1) is 6.61 Å². The molecule has 1 aliphatic rings. The third kappa shape index (κ3) is 4.26. The van der Waals surface area contributed by atoms with E-state index in [1.165, 1.54) is 16.0 Å². The van der Waals surface area contributed by atoms with Crippen LogP contribution in [0.3, 0.4) is 0 Å². The number of rotatable bonds is 5. The molecule has 2 aromatic rings. The van der Waals surface area contributed by atoms with Crippen molar-refractivity contribution < 1.29 is 9.53 Å². The molecule has 3 rings (SSSR count). The van der Waals surface area contributed by atoms with E-state index in [-0.39, 0.29) is 6.03 Å². The monoisotopic (exact) mass is 330 g/mol. The first kappa shape index (κ1) is 15.9. The van der Waals surface area contributed by atoms with Crippen molar-refractivity contribution in [2.75, 3.05) is 19.7 Å². The third-order valence-electron chi connectivity index (χ3n) is 3.95. The number of thiophene rings is 1. The topological polar surface area (TPSA) is 41.6 Å². The molecule has 0 atom stereocenters. The number of hydrogen-bond acceptors (Lipinski definition) is 3. The first-order valence-corrected chi connectivity index (χ1v) is 8.88. The van der Waals surface area contributed by atoms with Crippen LogP contribution < -0.4 is 10.1 Å². The highest BCUT2D eigenvalue weighted by molar-refractivity contribution is 7.10. The smallest absolute Gasteiger partial charge is 0.317 e. The Bertz CT molecular complexity index is 669. The lowest BCUT2D eigenvalue weighted by Gasteiger charge is -2.27. The van der Waals surface area contributed by atoms with Gasteiger partial charge in [0.25, 0.3) is 0 Å². The molecule has 23 heavy (non-hydrogen) atoms. The average molecular weight is 330 g/mol. The molecule has 0 fully saturated rings. The van der Waals surface area contributed by atoms with Crippen molar-refractivity contribution in [2.24, 2.45) is 0 Å². The van der Waals surface area contributed by atoms with E-state index in [9.17, 15) is 4.79 Å². The van der Waals surface area contributed by atoms with Gasteiger partial charge in [-0.1, -0.05) is 12.1 Å². The molecular weight excluding hydrogens is 308 g/mol. The maximum atomic E-state index is 12.2. The number of benzene rings is 1. The van der Waals surface area contributed by atoms with E-state index in [4.69, 9.17) is 4.74 Å². The minimum Gasteiger partial charge on any atom is -0.494 e. The van der Waals surface area contributed by atoms with E-state index in [1.54, 1.807) is 11.3 Å². The highest BCUT2D eigenvalue weighted by Gasteiger charge is 2.20. The minimum absolute atomic E-state index is 0.0254. The quantitative estimate of drug-likeness (QED) is 0.851. The van der Waals surface area contributed by atoms with E-state index >= 15 is 0 Å². The van der Waals surface area contributed by atoms with Gasteiger partial charge in [-0.3, -0.25) is 0 Å². The molecule has 2 amide bonds. The van der Waals surface area contributed by atoms with Crippen LogP contribution >= 0.6 is 11.3 Å². The number of carbonyl (C=O) groups excluding carboxylic acids is 1. The number of hydrogen-bond donors (Lipinski definition) is 1. The number of amides is 2. The van der Waals surface area contributed by atoms with E-state index < -0.39 is 0 Å². The van der Waals surface area contributed by atoms with Crippen LogP contribution in [0.25, 0.3) is 0 Å². The van der Waals surface area contributed by atoms with Crippen LogP contribution in [0.5, 0.6) is 5.75 Å². The second-order valence-electron chi connectivity index (χ2n) is 5.79. The number of nitrogens with one attached hydrogen (secondary N) is 1. The molecule has 4 nitrogen and oxygen atoms in total. The lowest BCUT2D eigenvalue weighted by molar-refractivity contribution is 0.191. The predicted molar refractivity (Wildman–Crippen MR) is 93.1 cm³/mol. The summed E-state index contributed by atoms with van der Waals surface area (Å²) in [6.45, 7) is 4.82. The Balaban J connectivity index is 1.35. The maximum absolute atomic E-state index is 12.2. The fourth-order valence-corrected chi connectivity index (χ4v) is 3.59. The van der Waals surface area contributed by atoms with Crippen molar-refractivity contribution in [3.63, 3.8) is 0 Å². The van der Waals surface area contributed by atoms with Crippen molar-refractivity contribution in [2.45, 2.75) is 26.3 Å². The molecule has 1 aromatic heterocycles. The van der Waals surface area contributed by atoms with Gasteiger partial charge in [-0.15, -0.1) is 11.3 Å². The molecule has 0 saturated heterocycles. The SMILES string of the molecule is Cc1cccc(OCCCNC(=O)N2CCc3sccc3C2)c1. The summed E-state index contributed by atoms with van der Waals surface area (Å²) in [5.41, 5.74) is 2.48. The summed E-state index contributed by atoms with van der Waals surface area (Å²) in [5, 5.41) is 5.09. The van der Waals surface area contributed by atoms with Crippen LogP contribution in [0.15, 0.2) is 35.7 Å². The van der Waals surface area contributed by atoms with Crippen molar-refractivity contribution in [3.05, 3.63) is 51.7 Å². The summed E-state index contributed by atoms with van der Waals surface area (Å²) in [4.78, 5) is 15.5. The van der Waals surface area contributed by atoms with Crippen LogP contribution in [0.4, 0.5) is 4.79 Å². The number of carbonyl (C=O) groups is 1. The highest BCUT2D eigenvalue weighted by Crippen LogP contribution is 2.23. The predicted octanol–water partition coefficient (Wildman–Crippen LogP) is 3.59. The normalized spacial score (nSPS) is 13.5. The molecule has 1 N–H and O–H groups in total. The average Bonchev–Trinajstić information content (AvgIpc) is 3.02. The molecule has 122 valence electrons. The molecular formula is C18H22N2O2S. The Morgan fingerprint density at radius 3 is 3.17 bits per heavy atom. The summed E-state index contributed by atoms with van der Waals surface area (Å²) in [5.74, 6) is 0.886. The van der Waals surface area contributed by atoms with Crippen molar-refractivity contribution in [1.29, 1.82) is 0 Å². The van der Waals surface area contributed by atoms with Crippen LogP contribution in [0.1, 0.15) is 22.4 Å². The number of urea groups is 1. The summed E-state index contributed by atoms with van der Waals surface area (Å²) in [7, 11) is 0. The molecule has 0 saturated carbocycles. The lowest BCUT2D eigenvalue weighted by atomic mass is 10.1. The number of aryl methyl sites for hydroxylation is 1. The van der Waals surface area contributed by atoms with Gasteiger partial charge in [-0.25, -0.2) is 4.79 Å². The Morgan fingerprint density at radius 2 is 2.30 bits per heavy atom. The molecule has 0 aliphatic carbocycles. The van der Waals surface area contributed by atoms with Crippen molar-refractivity contribution >= 4 is 17.4 Å². The van der Waals surface area contributed by atoms with E-state index in [2.05, 4.69) is 16.8 Å². The molecule has 2 heterocycles. The molecule has 0 unspecified atom stereocenters. The van der Waals surface area contributed by atoms with Gasteiger partial charge >= 0.3 is 6.03 Å². The van der Waals surface area contributed by atoms with Crippen LogP contribution in [0, 0.1) is 6.92 Å².